The molecule has 1 aliphatic rings. The molecule has 5 nitrogen and oxygen atoms in total. The van der Waals surface area contributed by atoms with Crippen molar-refractivity contribution in [3.8, 4) is 12.3 Å². The highest BCUT2D eigenvalue weighted by atomic mass is 16.2. The van der Waals surface area contributed by atoms with E-state index in [2.05, 4.69) is 39.7 Å². The largest absolute Gasteiger partial charge is 0.357 e. The van der Waals surface area contributed by atoms with Crippen molar-refractivity contribution < 1.29 is 4.79 Å². The Hall–Kier alpha value is -2.48. The van der Waals surface area contributed by atoms with Gasteiger partial charge in [-0.05, 0) is 30.9 Å². The minimum atomic E-state index is 0.210. The number of hydrogen-bond donors (Lipinski definition) is 2. The fourth-order valence-corrected chi connectivity index (χ4v) is 2.76. The first-order chi connectivity index (χ1) is 11.7. The molecule has 1 amide bonds. The van der Waals surface area contributed by atoms with Gasteiger partial charge in [0.05, 0.1) is 6.54 Å². The highest BCUT2D eigenvalue weighted by Gasteiger charge is 2.19. The molecule has 0 aromatic heterocycles. The van der Waals surface area contributed by atoms with Gasteiger partial charge in [-0.25, -0.2) is 0 Å². The molecule has 2 N–H and O–H groups in total. The van der Waals surface area contributed by atoms with Crippen LogP contribution in [0.4, 0.5) is 0 Å². The topological polar surface area (TPSA) is 56.7 Å². The third kappa shape index (κ3) is 5.31. The van der Waals surface area contributed by atoms with Gasteiger partial charge in [-0.2, -0.15) is 0 Å². The lowest BCUT2D eigenvalue weighted by molar-refractivity contribution is -0.132. The number of nitrogens with zero attached hydrogens (tertiary/aromatic N) is 2. The summed E-state index contributed by atoms with van der Waals surface area (Å²) in [6.07, 6.45) is 7.45. The summed E-state index contributed by atoms with van der Waals surface area (Å²) in [4.78, 5) is 18.8. The Kier molecular flexibility index (Phi) is 7.16. The number of aliphatic imine (C=N–C) groups is 1. The third-order valence-electron chi connectivity index (χ3n) is 4.00. The summed E-state index contributed by atoms with van der Waals surface area (Å²) >= 11 is 0. The van der Waals surface area contributed by atoms with Crippen LogP contribution in [-0.2, 0) is 17.8 Å². The first-order valence-corrected chi connectivity index (χ1v) is 8.54. The van der Waals surface area contributed by atoms with Crippen LogP contribution in [0.5, 0.6) is 0 Å². The summed E-state index contributed by atoms with van der Waals surface area (Å²) in [5.74, 6) is 3.44. The van der Waals surface area contributed by atoms with E-state index in [0.29, 0.717) is 25.5 Å². The van der Waals surface area contributed by atoms with Crippen LogP contribution in [0.25, 0.3) is 0 Å². The molecule has 0 saturated heterocycles. The molecule has 0 bridgehead atoms. The number of fused-ring (bicyclic) bond motifs is 1. The van der Waals surface area contributed by atoms with E-state index in [0.717, 1.165) is 32.5 Å². The van der Waals surface area contributed by atoms with Crippen LogP contribution in [0.3, 0.4) is 0 Å². The van der Waals surface area contributed by atoms with Crippen molar-refractivity contribution in [3.63, 3.8) is 0 Å². The van der Waals surface area contributed by atoms with Gasteiger partial charge in [-0.3, -0.25) is 9.79 Å². The number of benzene rings is 1. The molecule has 1 aromatic carbocycles. The van der Waals surface area contributed by atoms with Crippen LogP contribution in [0, 0.1) is 12.3 Å². The molecule has 0 radical (unpaired) electrons. The second-order valence-electron chi connectivity index (χ2n) is 5.76. The molecule has 24 heavy (non-hydrogen) atoms. The Bertz CT molecular complexity index is 618. The van der Waals surface area contributed by atoms with Crippen LogP contribution in [-0.4, -0.2) is 42.9 Å². The van der Waals surface area contributed by atoms with Gasteiger partial charge in [0.1, 0.15) is 0 Å². The van der Waals surface area contributed by atoms with Crippen molar-refractivity contribution in [3.05, 3.63) is 35.4 Å². The van der Waals surface area contributed by atoms with Gasteiger partial charge in [0.25, 0.3) is 0 Å². The number of carbonyl (C=O) groups is 1. The van der Waals surface area contributed by atoms with Crippen LogP contribution in [0.2, 0.25) is 0 Å². The van der Waals surface area contributed by atoms with E-state index < -0.39 is 0 Å². The molecule has 0 atom stereocenters. The van der Waals surface area contributed by atoms with Crippen molar-refractivity contribution in [2.24, 2.45) is 4.99 Å². The number of terminal acetylenes is 1. The van der Waals surface area contributed by atoms with Crippen LogP contribution in [0.15, 0.2) is 29.3 Å². The van der Waals surface area contributed by atoms with E-state index in [1.807, 2.05) is 17.9 Å². The fourth-order valence-electron chi connectivity index (χ4n) is 2.76. The van der Waals surface area contributed by atoms with E-state index in [1.54, 1.807) is 0 Å². The minimum Gasteiger partial charge on any atom is -0.357 e. The fraction of sp³-hybridized carbons (Fsp3) is 0.474. The second-order valence-corrected chi connectivity index (χ2v) is 5.76. The molecular weight excluding hydrogens is 300 g/mol. The summed E-state index contributed by atoms with van der Waals surface area (Å²) in [6, 6.07) is 8.35. The molecule has 0 spiro atoms. The Labute approximate surface area is 144 Å². The average Bonchev–Trinajstić information content (AvgIpc) is 2.62. The molecule has 1 heterocycles. The lowest BCUT2D eigenvalue weighted by Gasteiger charge is -2.28. The van der Waals surface area contributed by atoms with Gasteiger partial charge in [0.15, 0.2) is 5.96 Å². The van der Waals surface area contributed by atoms with Crippen LogP contribution in [0.1, 0.15) is 30.9 Å². The summed E-state index contributed by atoms with van der Waals surface area (Å²) in [5, 5.41) is 6.17. The number of hydrogen-bond acceptors (Lipinski definition) is 2. The lowest BCUT2D eigenvalue weighted by atomic mass is 9.99. The molecule has 0 saturated carbocycles. The maximum atomic E-state index is 12.4. The van der Waals surface area contributed by atoms with E-state index in [-0.39, 0.29) is 5.91 Å². The highest BCUT2D eigenvalue weighted by Crippen LogP contribution is 2.19. The summed E-state index contributed by atoms with van der Waals surface area (Å²) in [7, 11) is 0. The molecule has 0 unspecified atom stereocenters. The molecule has 1 aliphatic heterocycles. The van der Waals surface area contributed by atoms with Crippen LogP contribution < -0.4 is 10.6 Å². The van der Waals surface area contributed by atoms with Crippen molar-refractivity contribution in [2.45, 2.75) is 32.7 Å². The predicted octanol–water partition coefficient (Wildman–Crippen LogP) is 1.54. The Balaban J connectivity index is 1.76. The normalized spacial score (nSPS) is 13.8. The highest BCUT2D eigenvalue weighted by molar-refractivity contribution is 5.80. The molecule has 2 rings (SSSR count). The van der Waals surface area contributed by atoms with E-state index >= 15 is 0 Å². The number of amides is 1. The number of nitrogens with one attached hydrogen (secondary N) is 2. The Morgan fingerprint density at radius 2 is 2.12 bits per heavy atom. The van der Waals surface area contributed by atoms with Gasteiger partial charge in [-0.1, -0.05) is 30.2 Å². The molecule has 1 aromatic rings. The van der Waals surface area contributed by atoms with Crippen molar-refractivity contribution in [2.75, 3.05) is 26.2 Å². The quantitative estimate of drug-likeness (QED) is 0.361. The maximum Gasteiger partial charge on any atom is 0.222 e. The lowest BCUT2D eigenvalue weighted by Crippen LogP contribution is -2.37. The average molecular weight is 326 g/mol. The molecule has 0 fully saturated rings. The van der Waals surface area contributed by atoms with Crippen LogP contribution >= 0.6 is 0 Å². The third-order valence-corrected chi connectivity index (χ3v) is 4.00. The van der Waals surface area contributed by atoms with Crippen molar-refractivity contribution in [1.82, 2.24) is 15.5 Å². The van der Waals surface area contributed by atoms with E-state index in [1.165, 1.54) is 11.1 Å². The smallest absolute Gasteiger partial charge is 0.222 e. The van der Waals surface area contributed by atoms with Gasteiger partial charge < -0.3 is 15.5 Å². The number of guanidine groups is 1. The number of rotatable bonds is 6. The van der Waals surface area contributed by atoms with Gasteiger partial charge in [0.2, 0.25) is 5.91 Å². The summed E-state index contributed by atoms with van der Waals surface area (Å²) in [6.45, 7) is 5.37. The number of carbonyl (C=O) groups excluding carboxylic acids is 1. The van der Waals surface area contributed by atoms with E-state index in [9.17, 15) is 4.79 Å². The zero-order valence-corrected chi connectivity index (χ0v) is 14.3. The molecule has 128 valence electrons. The Morgan fingerprint density at radius 3 is 2.88 bits per heavy atom. The molecular formula is C19H26N4O. The van der Waals surface area contributed by atoms with Crippen molar-refractivity contribution in [1.29, 1.82) is 0 Å². The SMILES string of the molecule is C#CCNC(=NCCCC(=O)N1CCc2ccccc2C1)NCC. The van der Waals surface area contributed by atoms with Gasteiger partial charge in [0, 0.05) is 32.6 Å². The first-order valence-electron chi connectivity index (χ1n) is 8.54. The predicted molar refractivity (Wildman–Crippen MR) is 97.6 cm³/mol. The van der Waals surface area contributed by atoms with Gasteiger partial charge >= 0.3 is 0 Å². The van der Waals surface area contributed by atoms with Crippen molar-refractivity contribution >= 4 is 11.9 Å². The monoisotopic (exact) mass is 326 g/mol. The zero-order valence-electron chi connectivity index (χ0n) is 14.3. The Morgan fingerprint density at radius 1 is 1.33 bits per heavy atom. The second kappa shape index (κ2) is 9.61. The maximum absolute atomic E-state index is 12.4. The van der Waals surface area contributed by atoms with E-state index in [4.69, 9.17) is 6.42 Å². The summed E-state index contributed by atoms with van der Waals surface area (Å²) in [5.41, 5.74) is 2.63. The van der Waals surface area contributed by atoms with Gasteiger partial charge in [-0.15, -0.1) is 6.42 Å². The molecule has 5 heteroatoms. The molecule has 0 aliphatic carbocycles. The minimum absolute atomic E-state index is 0.210. The summed E-state index contributed by atoms with van der Waals surface area (Å²) < 4.78 is 0. The standard InChI is InChI=1S/C19H26N4O/c1-3-12-21-19(20-4-2)22-13-7-10-18(24)23-14-11-16-8-5-6-9-17(16)15-23/h1,5-6,8-9H,4,7,10-15H2,2H3,(H2,20,21,22). The zero-order chi connectivity index (χ0) is 17.2. The first kappa shape index (κ1) is 17.9.